The van der Waals surface area contributed by atoms with Crippen molar-refractivity contribution in [3.63, 3.8) is 0 Å². The second-order valence-corrected chi connectivity index (χ2v) is 2.18. The van der Waals surface area contributed by atoms with Crippen molar-refractivity contribution in [2.24, 2.45) is 0 Å². The Bertz CT molecular complexity index is 165. The Morgan fingerprint density at radius 3 is 0.667 bits per heavy atom. The van der Waals surface area contributed by atoms with Gasteiger partial charge in [-0.2, -0.15) is 0 Å². The molecule has 0 fully saturated rings. The largest absolute Gasteiger partial charge is 1.00 e. The summed E-state index contributed by atoms with van der Waals surface area (Å²) < 4.78 is 0. The fourth-order valence-corrected chi connectivity index (χ4v) is 0. The molecule has 18 heavy (non-hydrogen) atoms. The summed E-state index contributed by atoms with van der Waals surface area (Å²) in [6.07, 6.45) is 0.333. The average molecular weight is 240 g/mol. The predicted octanol–water partition coefficient (Wildman–Crippen LogP) is -11.5. The Morgan fingerprint density at radius 2 is 0.667 bits per heavy atom. The molecule has 0 unspecified atom stereocenters. The summed E-state index contributed by atoms with van der Waals surface area (Å²) >= 11 is 0. The van der Waals surface area contributed by atoms with E-state index in [0.717, 1.165) is 0 Å². The van der Waals surface area contributed by atoms with Gasteiger partial charge in [0, 0.05) is 17.9 Å². The molecule has 0 saturated heterocycles. The standard InChI is InChI=1S/3C3H6O2.3Li/c3*1-2-3(4)5;;;/h3*2H2,1H3,(H,4,5);;;/q;;;3*+1/p-3. The summed E-state index contributed by atoms with van der Waals surface area (Å²) in [7, 11) is 0. The monoisotopic (exact) mass is 240 g/mol. The third-order valence-corrected chi connectivity index (χ3v) is 0.866. The third kappa shape index (κ3) is 97.3. The van der Waals surface area contributed by atoms with Gasteiger partial charge in [-0.1, -0.05) is 20.8 Å². The first-order chi connectivity index (χ1) is 6.81. The Labute approximate surface area is 143 Å². The summed E-state index contributed by atoms with van der Waals surface area (Å²) in [5.41, 5.74) is 0. The van der Waals surface area contributed by atoms with Crippen LogP contribution in [-0.2, 0) is 14.4 Å². The quantitative estimate of drug-likeness (QED) is 0.451. The van der Waals surface area contributed by atoms with E-state index in [2.05, 4.69) is 0 Å². The average Bonchev–Trinajstić information content (AvgIpc) is 2.19. The van der Waals surface area contributed by atoms with Gasteiger partial charge in [0.15, 0.2) is 0 Å². The first kappa shape index (κ1) is 36.2. The van der Waals surface area contributed by atoms with Gasteiger partial charge in [0.05, 0.1) is 0 Å². The number of carbonyl (C=O) groups excluding carboxylic acids is 3. The second kappa shape index (κ2) is 30.3. The van der Waals surface area contributed by atoms with Crippen LogP contribution in [0.1, 0.15) is 40.0 Å². The zero-order valence-electron chi connectivity index (χ0n) is 12.1. The summed E-state index contributed by atoms with van der Waals surface area (Å²) in [6, 6.07) is 0. The van der Waals surface area contributed by atoms with E-state index in [0.29, 0.717) is 0 Å². The predicted molar refractivity (Wildman–Crippen MR) is 45.9 cm³/mol. The second-order valence-electron chi connectivity index (χ2n) is 2.18. The number of carboxylic acids is 3. The van der Waals surface area contributed by atoms with Crippen LogP contribution in [0.2, 0.25) is 0 Å². The minimum Gasteiger partial charge on any atom is -0.550 e. The molecule has 0 saturated carbocycles. The van der Waals surface area contributed by atoms with Gasteiger partial charge in [0.1, 0.15) is 0 Å². The Balaban J connectivity index is -0.0000000277. The van der Waals surface area contributed by atoms with Crippen molar-refractivity contribution < 1.29 is 86.3 Å². The normalized spacial score (nSPS) is 6.17. The van der Waals surface area contributed by atoms with E-state index in [1.54, 1.807) is 0 Å². The zero-order valence-corrected chi connectivity index (χ0v) is 12.1. The number of aliphatic carboxylic acids is 3. The maximum absolute atomic E-state index is 9.26. The Hall–Kier alpha value is 0.202. The number of hydrogen-bond acceptors (Lipinski definition) is 6. The van der Waals surface area contributed by atoms with Crippen LogP contribution in [0.5, 0.6) is 0 Å². The molecule has 90 valence electrons. The fourth-order valence-electron chi connectivity index (χ4n) is 0. The van der Waals surface area contributed by atoms with E-state index in [1.165, 1.54) is 20.8 Å². The molecule has 6 nitrogen and oxygen atoms in total. The molecule has 0 spiro atoms. The van der Waals surface area contributed by atoms with E-state index >= 15 is 0 Å². The Kier molecular flexibility index (Phi) is 61.0. The SMILES string of the molecule is CCC(=O)[O-].CCC(=O)[O-].CCC(=O)[O-].[Li+].[Li+].[Li+]. The van der Waals surface area contributed by atoms with Crippen LogP contribution in [0, 0.1) is 0 Å². The molecule has 0 N–H and O–H groups in total. The van der Waals surface area contributed by atoms with Crippen LogP contribution in [0.25, 0.3) is 0 Å². The molecule has 0 amide bonds. The van der Waals surface area contributed by atoms with Gasteiger partial charge < -0.3 is 29.7 Å². The molecule has 0 aromatic rings. The molecule has 0 aliphatic heterocycles. The van der Waals surface area contributed by atoms with Gasteiger partial charge in [0.2, 0.25) is 0 Å². The number of rotatable bonds is 3. The molecular formula is C9H15Li3O6. The minimum atomic E-state index is -0.995. The topological polar surface area (TPSA) is 120 Å². The van der Waals surface area contributed by atoms with Gasteiger partial charge in [-0.05, 0) is 19.3 Å². The van der Waals surface area contributed by atoms with E-state index in [-0.39, 0.29) is 75.8 Å². The molecule has 0 aromatic heterocycles. The van der Waals surface area contributed by atoms with Gasteiger partial charge >= 0.3 is 56.6 Å². The van der Waals surface area contributed by atoms with E-state index in [4.69, 9.17) is 0 Å². The first-order valence-corrected chi connectivity index (χ1v) is 4.41. The van der Waals surface area contributed by atoms with Crippen LogP contribution >= 0.6 is 0 Å². The van der Waals surface area contributed by atoms with Gasteiger partial charge in [-0.15, -0.1) is 0 Å². The smallest absolute Gasteiger partial charge is 0.550 e. The molecule has 9 heteroatoms. The summed E-state index contributed by atoms with van der Waals surface area (Å²) in [5, 5.41) is 27.8. The molecule has 0 bridgehead atoms. The summed E-state index contributed by atoms with van der Waals surface area (Å²) in [4.78, 5) is 27.8. The van der Waals surface area contributed by atoms with E-state index in [1.807, 2.05) is 0 Å². The van der Waals surface area contributed by atoms with Crippen molar-refractivity contribution in [1.82, 2.24) is 0 Å². The molecule has 0 atom stereocenters. The van der Waals surface area contributed by atoms with Gasteiger partial charge in [0.25, 0.3) is 0 Å². The van der Waals surface area contributed by atoms with Crippen LogP contribution in [0.4, 0.5) is 0 Å². The van der Waals surface area contributed by atoms with Crippen molar-refractivity contribution in [3.05, 3.63) is 0 Å². The van der Waals surface area contributed by atoms with Crippen LogP contribution < -0.4 is 71.9 Å². The van der Waals surface area contributed by atoms with E-state index in [9.17, 15) is 29.7 Å². The molecule has 0 rings (SSSR count). The summed E-state index contributed by atoms with van der Waals surface area (Å²) in [5.74, 6) is -2.99. The van der Waals surface area contributed by atoms with Crippen molar-refractivity contribution in [2.75, 3.05) is 0 Å². The van der Waals surface area contributed by atoms with Crippen molar-refractivity contribution in [2.45, 2.75) is 40.0 Å². The van der Waals surface area contributed by atoms with Crippen molar-refractivity contribution in [3.8, 4) is 0 Å². The number of carboxylic acid groups (broad SMARTS) is 3. The van der Waals surface area contributed by atoms with Crippen LogP contribution in [-0.4, -0.2) is 17.9 Å². The molecule has 0 aliphatic carbocycles. The minimum absolute atomic E-state index is 0. The number of carbonyl (C=O) groups is 3. The zero-order chi connectivity index (χ0) is 12.9. The van der Waals surface area contributed by atoms with Crippen molar-refractivity contribution >= 4 is 17.9 Å². The third-order valence-electron chi connectivity index (χ3n) is 0.866. The number of hydrogen-bond donors (Lipinski definition) is 0. The Morgan fingerprint density at radius 1 is 0.611 bits per heavy atom. The molecule has 0 aliphatic rings. The fraction of sp³-hybridized carbons (Fsp3) is 0.667. The molecule has 0 radical (unpaired) electrons. The molecule has 0 aromatic carbocycles. The van der Waals surface area contributed by atoms with Gasteiger partial charge in [-0.25, -0.2) is 0 Å². The molecular weight excluding hydrogens is 225 g/mol. The van der Waals surface area contributed by atoms with Crippen LogP contribution in [0.15, 0.2) is 0 Å². The molecule has 0 heterocycles. The summed E-state index contributed by atoms with van der Waals surface area (Å²) in [6.45, 7) is 4.61. The van der Waals surface area contributed by atoms with Crippen LogP contribution in [0.3, 0.4) is 0 Å². The maximum Gasteiger partial charge on any atom is 1.00 e. The first-order valence-electron chi connectivity index (χ1n) is 4.41. The van der Waals surface area contributed by atoms with Crippen molar-refractivity contribution in [1.29, 1.82) is 0 Å². The van der Waals surface area contributed by atoms with E-state index < -0.39 is 17.9 Å². The van der Waals surface area contributed by atoms with Gasteiger partial charge in [-0.3, -0.25) is 0 Å². The maximum atomic E-state index is 9.26.